The topological polar surface area (TPSA) is 108 Å². The highest BCUT2D eigenvalue weighted by Gasteiger charge is 2.15. The van der Waals surface area contributed by atoms with E-state index >= 15 is 0 Å². The van der Waals surface area contributed by atoms with E-state index in [0.717, 1.165) is 0 Å². The van der Waals surface area contributed by atoms with Crippen molar-refractivity contribution < 1.29 is 24.0 Å². The second kappa shape index (κ2) is 7.85. The zero-order valence-electron chi connectivity index (χ0n) is 10.8. The van der Waals surface area contributed by atoms with Crippen molar-refractivity contribution in [2.45, 2.75) is 6.92 Å². The number of nitrogens with zero attached hydrogens (tertiary/aromatic N) is 1. The minimum absolute atomic E-state index is 0.0448. The molecule has 0 aliphatic carbocycles. The highest BCUT2D eigenvalue weighted by Crippen LogP contribution is 2.22. The molecule has 0 saturated carbocycles. The number of nitrogens with one attached hydrogen (secondary N) is 1. The number of benzene rings is 1. The fraction of sp³-hybridized carbons (Fsp3) is 0.333. The van der Waals surface area contributed by atoms with Gasteiger partial charge in [-0.25, -0.2) is 4.79 Å². The van der Waals surface area contributed by atoms with Gasteiger partial charge in [-0.05, 0) is 13.0 Å². The van der Waals surface area contributed by atoms with Crippen molar-refractivity contribution >= 4 is 23.3 Å². The van der Waals surface area contributed by atoms with Crippen LogP contribution in [0, 0.1) is 10.1 Å². The Labute approximate surface area is 114 Å². The average Bonchev–Trinajstić information content (AvgIpc) is 2.43. The molecule has 0 unspecified atom stereocenters. The molecule has 20 heavy (non-hydrogen) atoms. The summed E-state index contributed by atoms with van der Waals surface area (Å²) in [6.45, 7) is 1.30. The van der Waals surface area contributed by atoms with E-state index in [1.165, 1.54) is 18.2 Å². The number of anilines is 1. The van der Waals surface area contributed by atoms with Gasteiger partial charge in [-0.15, -0.1) is 0 Å². The van der Waals surface area contributed by atoms with Crippen molar-refractivity contribution in [3.05, 3.63) is 34.4 Å². The highest BCUT2D eigenvalue weighted by molar-refractivity contribution is 5.94. The van der Waals surface area contributed by atoms with Gasteiger partial charge >= 0.3 is 5.97 Å². The molecule has 1 aromatic carbocycles. The number of nitro groups is 1. The first kappa shape index (κ1) is 15.6. The fourth-order valence-electron chi connectivity index (χ4n) is 1.30. The van der Waals surface area contributed by atoms with E-state index in [1.807, 2.05) is 0 Å². The summed E-state index contributed by atoms with van der Waals surface area (Å²) in [6, 6.07) is 5.67. The van der Waals surface area contributed by atoms with Gasteiger partial charge in [0.15, 0.2) is 6.61 Å². The normalized spacial score (nSPS) is 9.85. The Bertz CT molecular complexity index is 502. The minimum Gasteiger partial charge on any atom is -0.454 e. The first-order valence-electron chi connectivity index (χ1n) is 5.81. The number of hydrogen-bond donors (Lipinski definition) is 1. The largest absolute Gasteiger partial charge is 0.454 e. The summed E-state index contributed by atoms with van der Waals surface area (Å²) in [5.74, 6) is -1.34. The van der Waals surface area contributed by atoms with Gasteiger partial charge in [0, 0.05) is 12.7 Å². The molecule has 1 N–H and O–H groups in total. The number of nitro benzene ring substituents is 1. The number of amides is 1. The summed E-state index contributed by atoms with van der Waals surface area (Å²) in [4.78, 5) is 32.7. The molecule has 0 fully saturated rings. The van der Waals surface area contributed by atoms with E-state index in [-0.39, 0.29) is 18.0 Å². The number of esters is 1. The number of rotatable bonds is 7. The number of hydrogen-bond acceptors (Lipinski definition) is 6. The van der Waals surface area contributed by atoms with Crippen LogP contribution < -0.4 is 5.32 Å². The Hall–Kier alpha value is -2.48. The maximum Gasteiger partial charge on any atom is 0.332 e. The van der Waals surface area contributed by atoms with Gasteiger partial charge in [0.1, 0.15) is 12.3 Å². The van der Waals surface area contributed by atoms with E-state index in [1.54, 1.807) is 13.0 Å². The van der Waals surface area contributed by atoms with Crippen molar-refractivity contribution in [3.63, 3.8) is 0 Å². The van der Waals surface area contributed by atoms with Crippen molar-refractivity contribution in [1.82, 2.24) is 0 Å². The Morgan fingerprint density at radius 1 is 1.30 bits per heavy atom. The molecular weight excluding hydrogens is 268 g/mol. The van der Waals surface area contributed by atoms with Gasteiger partial charge in [-0.2, -0.15) is 0 Å². The number of carbonyl (C=O) groups excluding carboxylic acids is 2. The predicted molar refractivity (Wildman–Crippen MR) is 69.2 cm³/mol. The number of ether oxygens (including phenoxy) is 2. The zero-order valence-corrected chi connectivity index (χ0v) is 10.8. The van der Waals surface area contributed by atoms with E-state index in [2.05, 4.69) is 10.1 Å². The Morgan fingerprint density at radius 2 is 2.00 bits per heavy atom. The summed E-state index contributed by atoms with van der Waals surface area (Å²) in [5, 5.41) is 13.0. The molecule has 0 radical (unpaired) electrons. The Kier molecular flexibility index (Phi) is 6.11. The standard InChI is InChI=1S/C12H14N2O6/c1-2-19-8-12(16)20-7-11(15)13-9-5-3-4-6-10(9)14(17)18/h3-6H,2,7-8H2,1H3,(H,13,15). The van der Waals surface area contributed by atoms with Crippen molar-refractivity contribution in [1.29, 1.82) is 0 Å². The summed E-state index contributed by atoms with van der Waals surface area (Å²) < 4.78 is 9.43. The lowest BCUT2D eigenvalue weighted by molar-refractivity contribution is -0.383. The molecule has 0 heterocycles. The lowest BCUT2D eigenvalue weighted by atomic mass is 10.2. The maximum absolute atomic E-state index is 11.5. The Morgan fingerprint density at radius 3 is 2.65 bits per heavy atom. The fourth-order valence-corrected chi connectivity index (χ4v) is 1.30. The molecule has 0 aliphatic rings. The van der Waals surface area contributed by atoms with Crippen molar-refractivity contribution in [3.8, 4) is 0 Å². The molecule has 8 heteroatoms. The van der Waals surface area contributed by atoms with Crippen molar-refractivity contribution in [2.24, 2.45) is 0 Å². The molecule has 0 aliphatic heterocycles. The Balaban J connectivity index is 2.51. The number of carbonyl (C=O) groups is 2. The third-order valence-corrected chi connectivity index (χ3v) is 2.16. The van der Waals surface area contributed by atoms with E-state index < -0.39 is 23.4 Å². The van der Waals surface area contributed by atoms with Crippen LogP contribution in [-0.2, 0) is 19.1 Å². The van der Waals surface area contributed by atoms with Gasteiger partial charge in [0.2, 0.25) is 0 Å². The number of para-hydroxylation sites is 2. The molecular formula is C12H14N2O6. The van der Waals surface area contributed by atoms with Crippen LogP contribution in [0.25, 0.3) is 0 Å². The van der Waals surface area contributed by atoms with Crippen LogP contribution in [0.3, 0.4) is 0 Å². The predicted octanol–water partition coefficient (Wildman–Crippen LogP) is 1.11. The first-order chi connectivity index (χ1) is 9.54. The quantitative estimate of drug-likeness (QED) is 0.456. The maximum atomic E-state index is 11.5. The van der Waals surface area contributed by atoms with E-state index in [0.29, 0.717) is 6.61 Å². The van der Waals surface area contributed by atoms with Gasteiger partial charge in [-0.1, -0.05) is 12.1 Å². The lowest BCUT2D eigenvalue weighted by Crippen LogP contribution is -2.23. The van der Waals surface area contributed by atoms with Crippen LogP contribution in [-0.4, -0.2) is 36.6 Å². The van der Waals surface area contributed by atoms with Crippen molar-refractivity contribution in [2.75, 3.05) is 25.1 Å². The summed E-state index contributed by atoms with van der Waals surface area (Å²) in [7, 11) is 0. The first-order valence-corrected chi connectivity index (χ1v) is 5.81. The van der Waals surface area contributed by atoms with Crippen LogP contribution in [0.4, 0.5) is 11.4 Å². The summed E-state index contributed by atoms with van der Waals surface area (Å²) >= 11 is 0. The van der Waals surface area contributed by atoms with Crippen LogP contribution in [0.2, 0.25) is 0 Å². The highest BCUT2D eigenvalue weighted by atomic mass is 16.6. The van der Waals surface area contributed by atoms with Crippen LogP contribution in [0.15, 0.2) is 24.3 Å². The van der Waals surface area contributed by atoms with Crippen LogP contribution >= 0.6 is 0 Å². The minimum atomic E-state index is -0.676. The monoisotopic (exact) mass is 282 g/mol. The molecule has 0 saturated heterocycles. The molecule has 1 aromatic rings. The average molecular weight is 282 g/mol. The lowest BCUT2D eigenvalue weighted by Gasteiger charge is -2.07. The smallest absolute Gasteiger partial charge is 0.332 e. The molecule has 0 bridgehead atoms. The molecule has 1 amide bonds. The van der Waals surface area contributed by atoms with E-state index in [9.17, 15) is 19.7 Å². The summed E-state index contributed by atoms with van der Waals surface area (Å²) in [6.07, 6.45) is 0. The molecule has 0 atom stereocenters. The SMILES string of the molecule is CCOCC(=O)OCC(=O)Nc1ccccc1[N+](=O)[O-]. The second-order valence-electron chi connectivity index (χ2n) is 3.62. The van der Waals surface area contributed by atoms with E-state index in [4.69, 9.17) is 4.74 Å². The third kappa shape index (κ3) is 5.02. The van der Waals surface area contributed by atoms with Gasteiger partial charge in [0.05, 0.1) is 4.92 Å². The molecule has 1 rings (SSSR count). The molecule has 0 spiro atoms. The molecule has 8 nitrogen and oxygen atoms in total. The summed E-state index contributed by atoms with van der Waals surface area (Å²) in [5.41, 5.74) is -0.190. The molecule has 0 aromatic heterocycles. The van der Waals surface area contributed by atoms with Crippen LogP contribution in [0.1, 0.15) is 6.92 Å². The van der Waals surface area contributed by atoms with Gasteiger partial charge in [0.25, 0.3) is 11.6 Å². The zero-order chi connectivity index (χ0) is 15.0. The molecule has 108 valence electrons. The van der Waals surface area contributed by atoms with Gasteiger partial charge in [-0.3, -0.25) is 14.9 Å². The van der Waals surface area contributed by atoms with Crippen LogP contribution in [0.5, 0.6) is 0 Å². The third-order valence-electron chi connectivity index (χ3n) is 2.16. The second-order valence-corrected chi connectivity index (χ2v) is 3.62. The van der Waals surface area contributed by atoms with Gasteiger partial charge < -0.3 is 14.8 Å².